The monoisotopic (exact) mass is 308 g/mol. The first-order chi connectivity index (χ1) is 9.85. The SMILES string of the molecule is Cc1ccc(F)cc1CNc1ccccc1NS(C)(=O)=O. The quantitative estimate of drug-likeness (QED) is 0.892. The zero-order chi connectivity index (χ0) is 15.5. The summed E-state index contributed by atoms with van der Waals surface area (Å²) in [5.41, 5.74) is 2.90. The van der Waals surface area contributed by atoms with Crippen molar-refractivity contribution in [3.05, 3.63) is 59.4 Å². The molecule has 21 heavy (non-hydrogen) atoms. The number of hydrogen-bond acceptors (Lipinski definition) is 3. The lowest BCUT2D eigenvalue weighted by atomic mass is 10.1. The number of nitrogens with one attached hydrogen (secondary N) is 2. The highest BCUT2D eigenvalue weighted by Crippen LogP contribution is 2.23. The summed E-state index contributed by atoms with van der Waals surface area (Å²) in [7, 11) is -3.35. The Morgan fingerprint density at radius 1 is 1.10 bits per heavy atom. The van der Waals surface area contributed by atoms with Gasteiger partial charge in [0.15, 0.2) is 0 Å². The number of halogens is 1. The Hall–Kier alpha value is -2.08. The van der Waals surface area contributed by atoms with E-state index >= 15 is 0 Å². The second-order valence-electron chi connectivity index (χ2n) is 4.84. The average molecular weight is 308 g/mol. The maximum absolute atomic E-state index is 13.3. The summed E-state index contributed by atoms with van der Waals surface area (Å²) in [5, 5.41) is 3.13. The van der Waals surface area contributed by atoms with E-state index in [2.05, 4.69) is 10.0 Å². The highest BCUT2D eigenvalue weighted by molar-refractivity contribution is 7.92. The van der Waals surface area contributed by atoms with Crippen molar-refractivity contribution in [2.24, 2.45) is 0 Å². The summed E-state index contributed by atoms with van der Waals surface area (Å²) >= 11 is 0. The van der Waals surface area contributed by atoms with Gasteiger partial charge in [0.25, 0.3) is 0 Å². The van der Waals surface area contributed by atoms with Crippen LogP contribution in [0.25, 0.3) is 0 Å². The van der Waals surface area contributed by atoms with Crippen LogP contribution in [0.3, 0.4) is 0 Å². The lowest BCUT2D eigenvalue weighted by Crippen LogP contribution is -2.12. The third-order valence-corrected chi connectivity index (χ3v) is 3.59. The molecular weight excluding hydrogens is 291 g/mol. The second-order valence-corrected chi connectivity index (χ2v) is 6.59. The van der Waals surface area contributed by atoms with Crippen molar-refractivity contribution >= 4 is 21.4 Å². The van der Waals surface area contributed by atoms with Crippen molar-refractivity contribution in [3.63, 3.8) is 0 Å². The Morgan fingerprint density at radius 2 is 1.76 bits per heavy atom. The molecule has 0 saturated heterocycles. The molecule has 0 spiro atoms. The molecule has 0 atom stereocenters. The Labute approximate surface area is 124 Å². The van der Waals surface area contributed by atoms with E-state index in [0.717, 1.165) is 17.4 Å². The molecule has 0 aliphatic carbocycles. The molecule has 112 valence electrons. The number of aryl methyl sites for hydroxylation is 1. The Balaban J connectivity index is 2.18. The van der Waals surface area contributed by atoms with Crippen molar-refractivity contribution in [3.8, 4) is 0 Å². The molecule has 0 saturated carbocycles. The first-order valence-corrected chi connectivity index (χ1v) is 8.30. The maximum atomic E-state index is 13.3. The molecule has 0 fully saturated rings. The van der Waals surface area contributed by atoms with E-state index in [4.69, 9.17) is 0 Å². The molecule has 0 heterocycles. The largest absolute Gasteiger partial charge is 0.379 e. The molecule has 0 unspecified atom stereocenters. The molecule has 4 nitrogen and oxygen atoms in total. The molecule has 0 bridgehead atoms. The van der Waals surface area contributed by atoms with Crippen LogP contribution in [0.4, 0.5) is 15.8 Å². The van der Waals surface area contributed by atoms with Gasteiger partial charge in [0, 0.05) is 6.54 Å². The third-order valence-electron chi connectivity index (χ3n) is 3.00. The maximum Gasteiger partial charge on any atom is 0.229 e. The van der Waals surface area contributed by atoms with Gasteiger partial charge >= 0.3 is 0 Å². The zero-order valence-electron chi connectivity index (χ0n) is 11.9. The van der Waals surface area contributed by atoms with Gasteiger partial charge in [-0.25, -0.2) is 12.8 Å². The Kier molecular flexibility index (Phi) is 4.47. The second kappa shape index (κ2) is 6.13. The average Bonchev–Trinajstić information content (AvgIpc) is 2.39. The lowest BCUT2D eigenvalue weighted by molar-refractivity contribution is 0.607. The molecule has 0 aromatic heterocycles. The first-order valence-electron chi connectivity index (χ1n) is 6.41. The van der Waals surface area contributed by atoms with Crippen LogP contribution in [0, 0.1) is 12.7 Å². The van der Waals surface area contributed by atoms with Crippen LogP contribution in [-0.4, -0.2) is 14.7 Å². The molecule has 0 aliphatic heterocycles. The summed E-state index contributed by atoms with van der Waals surface area (Å²) < 4.78 is 38.4. The van der Waals surface area contributed by atoms with Gasteiger partial charge in [0.1, 0.15) is 5.82 Å². The predicted octanol–water partition coefficient (Wildman–Crippen LogP) is 3.12. The summed E-state index contributed by atoms with van der Waals surface area (Å²) in [6, 6.07) is 11.6. The topological polar surface area (TPSA) is 58.2 Å². The van der Waals surface area contributed by atoms with E-state index in [0.29, 0.717) is 17.9 Å². The fourth-order valence-electron chi connectivity index (χ4n) is 1.95. The highest BCUT2D eigenvalue weighted by Gasteiger charge is 2.07. The molecule has 2 rings (SSSR count). The normalized spacial score (nSPS) is 11.2. The fourth-order valence-corrected chi connectivity index (χ4v) is 2.52. The number of hydrogen-bond donors (Lipinski definition) is 2. The van der Waals surface area contributed by atoms with E-state index in [1.165, 1.54) is 12.1 Å². The minimum atomic E-state index is -3.35. The van der Waals surface area contributed by atoms with Crippen LogP contribution >= 0.6 is 0 Å². The van der Waals surface area contributed by atoms with E-state index in [1.54, 1.807) is 30.3 Å². The van der Waals surface area contributed by atoms with Gasteiger partial charge in [-0.05, 0) is 42.3 Å². The summed E-state index contributed by atoms with van der Waals surface area (Å²) in [4.78, 5) is 0. The molecule has 0 aliphatic rings. The molecular formula is C15H17FN2O2S. The molecule has 2 N–H and O–H groups in total. The van der Waals surface area contributed by atoms with E-state index in [9.17, 15) is 12.8 Å². The fraction of sp³-hybridized carbons (Fsp3) is 0.200. The number of rotatable bonds is 5. The van der Waals surface area contributed by atoms with Gasteiger partial charge < -0.3 is 5.32 Å². The van der Waals surface area contributed by atoms with Gasteiger partial charge in [-0.3, -0.25) is 4.72 Å². The van der Waals surface area contributed by atoms with Crippen molar-refractivity contribution in [1.82, 2.24) is 0 Å². The molecule has 0 amide bonds. The Bertz CT molecular complexity index is 745. The lowest BCUT2D eigenvalue weighted by Gasteiger charge is -2.14. The minimum absolute atomic E-state index is 0.292. The number of benzene rings is 2. The minimum Gasteiger partial charge on any atom is -0.379 e. The van der Waals surface area contributed by atoms with E-state index in [1.807, 2.05) is 6.92 Å². The van der Waals surface area contributed by atoms with Crippen LogP contribution in [-0.2, 0) is 16.6 Å². The predicted molar refractivity (Wildman–Crippen MR) is 83.4 cm³/mol. The van der Waals surface area contributed by atoms with Gasteiger partial charge in [-0.1, -0.05) is 18.2 Å². The van der Waals surface area contributed by atoms with Crippen LogP contribution in [0.1, 0.15) is 11.1 Å². The van der Waals surface area contributed by atoms with Crippen molar-refractivity contribution in [2.45, 2.75) is 13.5 Å². The van der Waals surface area contributed by atoms with Crippen molar-refractivity contribution in [1.29, 1.82) is 0 Å². The van der Waals surface area contributed by atoms with Crippen LogP contribution < -0.4 is 10.0 Å². The molecule has 2 aromatic rings. The molecule has 2 aromatic carbocycles. The highest BCUT2D eigenvalue weighted by atomic mass is 32.2. The number of anilines is 2. The first kappa shape index (κ1) is 15.3. The van der Waals surface area contributed by atoms with Crippen molar-refractivity contribution in [2.75, 3.05) is 16.3 Å². The van der Waals surface area contributed by atoms with Crippen LogP contribution in [0.2, 0.25) is 0 Å². The summed E-state index contributed by atoms with van der Waals surface area (Å²) in [6.45, 7) is 2.31. The van der Waals surface area contributed by atoms with Gasteiger partial charge in [0.2, 0.25) is 10.0 Å². The van der Waals surface area contributed by atoms with Crippen LogP contribution in [0.15, 0.2) is 42.5 Å². The zero-order valence-corrected chi connectivity index (χ0v) is 12.7. The summed E-state index contributed by atoms with van der Waals surface area (Å²) in [5.74, 6) is -0.292. The van der Waals surface area contributed by atoms with Gasteiger partial charge in [-0.2, -0.15) is 0 Å². The number of sulfonamides is 1. The van der Waals surface area contributed by atoms with Crippen LogP contribution in [0.5, 0.6) is 0 Å². The summed E-state index contributed by atoms with van der Waals surface area (Å²) in [6.07, 6.45) is 1.10. The number of para-hydroxylation sites is 2. The standard InChI is InChI=1S/C15H17FN2O2S/c1-11-7-8-13(16)9-12(11)10-17-14-5-3-4-6-15(14)18-21(2,19)20/h3-9,17-18H,10H2,1-2H3. The van der Waals surface area contributed by atoms with Crippen molar-refractivity contribution < 1.29 is 12.8 Å². The van der Waals surface area contributed by atoms with Gasteiger partial charge in [-0.15, -0.1) is 0 Å². The third kappa shape index (κ3) is 4.46. The van der Waals surface area contributed by atoms with Gasteiger partial charge in [0.05, 0.1) is 17.6 Å². The molecule has 6 heteroatoms. The Morgan fingerprint density at radius 3 is 2.43 bits per heavy atom. The molecule has 0 radical (unpaired) electrons. The van der Waals surface area contributed by atoms with E-state index < -0.39 is 10.0 Å². The smallest absolute Gasteiger partial charge is 0.229 e. The van der Waals surface area contributed by atoms with E-state index in [-0.39, 0.29) is 5.82 Å².